The first-order valence-electron chi connectivity index (χ1n) is 10.7. The Kier molecular flexibility index (Phi) is 10.0. The lowest BCUT2D eigenvalue weighted by Gasteiger charge is -2.16. The van der Waals surface area contributed by atoms with Crippen molar-refractivity contribution in [3.05, 3.63) is 46.6 Å². The maximum atomic E-state index is 12.9. The predicted molar refractivity (Wildman–Crippen MR) is 123 cm³/mol. The topological polar surface area (TPSA) is 104 Å². The van der Waals surface area contributed by atoms with E-state index in [4.69, 9.17) is 21.1 Å². The van der Waals surface area contributed by atoms with E-state index >= 15 is 0 Å². The lowest BCUT2D eigenvalue weighted by Crippen LogP contribution is -2.27. The highest BCUT2D eigenvalue weighted by molar-refractivity contribution is 7.87. The summed E-state index contributed by atoms with van der Waals surface area (Å²) in [4.78, 5) is 15.7. The monoisotopic (exact) mass is 538 g/mol. The van der Waals surface area contributed by atoms with Gasteiger partial charge < -0.3 is 19.0 Å². The number of hydrogen-bond acceptors (Lipinski definition) is 7. The molecule has 0 aliphatic rings. The molecule has 0 bridgehead atoms. The van der Waals surface area contributed by atoms with E-state index in [2.05, 4.69) is 14.5 Å². The molecule has 35 heavy (non-hydrogen) atoms. The Hall–Kier alpha value is -2.73. The summed E-state index contributed by atoms with van der Waals surface area (Å²) in [5.41, 5.74) is -0.712. The summed E-state index contributed by atoms with van der Waals surface area (Å²) < 4.78 is 78.2. The Bertz CT molecular complexity index is 1130. The highest BCUT2D eigenvalue weighted by Crippen LogP contribution is 2.36. The molecule has 0 unspecified atom stereocenters. The van der Waals surface area contributed by atoms with Crippen LogP contribution >= 0.6 is 11.6 Å². The fraction of sp³-hybridized carbons (Fsp3) is 0.455. The van der Waals surface area contributed by atoms with Crippen molar-refractivity contribution >= 4 is 27.8 Å². The summed E-state index contributed by atoms with van der Waals surface area (Å²) in [6, 6.07) is 5.23. The van der Waals surface area contributed by atoms with Gasteiger partial charge in [-0.2, -0.15) is 21.6 Å². The zero-order valence-corrected chi connectivity index (χ0v) is 20.9. The van der Waals surface area contributed by atoms with Crippen LogP contribution in [0.5, 0.6) is 17.4 Å². The number of benzene rings is 1. The highest BCUT2D eigenvalue weighted by atomic mass is 35.5. The van der Waals surface area contributed by atoms with Gasteiger partial charge in [-0.3, -0.25) is 0 Å². The molecule has 13 heteroatoms. The summed E-state index contributed by atoms with van der Waals surface area (Å²) in [5.74, 6) is -0.142. The van der Waals surface area contributed by atoms with Crippen LogP contribution < -0.4 is 14.8 Å². The largest absolute Gasteiger partial charge is 0.491 e. The number of ether oxygens (including phenoxy) is 2. The molecule has 0 radical (unpaired) electrons. The molecule has 1 aromatic heterocycles. The van der Waals surface area contributed by atoms with Crippen molar-refractivity contribution in [2.75, 3.05) is 5.75 Å². The fourth-order valence-corrected chi connectivity index (χ4v) is 3.90. The van der Waals surface area contributed by atoms with E-state index in [1.165, 1.54) is 12.1 Å². The molecule has 1 N–H and O–H groups in total. The van der Waals surface area contributed by atoms with Crippen LogP contribution in [-0.2, 0) is 27.0 Å². The zero-order valence-electron chi connectivity index (χ0n) is 19.3. The van der Waals surface area contributed by atoms with Crippen molar-refractivity contribution in [3.8, 4) is 17.4 Å². The Morgan fingerprint density at radius 2 is 1.91 bits per heavy atom. The highest BCUT2D eigenvalue weighted by Gasteiger charge is 2.32. The molecule has 0 spiro atoms. The number of alkyl halides is 3. The molecule has 2 rings (SSSR count). The lowest BCUT2D eigenvalue weighted by molar-refractivity contribution is -0.137. The van der Waals surface area contributed by atoms with Gasteiger partial charge in [-0.05, 0) is 38.5 Å². The van der Waals surface area contributed by atoms with Gasteiger partial charge in [-0.15, -0.1) is 0 Å². The molecular weight excluding hydrogens is 513 g/mol. The molecule has 194 valence electrons. The second-order valence-electron chi connectivity index (χ2n) is 7.74. The molecule has 1 heterocycles. The number of aromatic nitrogens is 1. The van der Waals surface area contributed by atoms with Crippen LogP contribution in [0, 0.1) is 0 Å². The second kappa shape index (κ2) is 12.3. The normalized spacial score (nSPS) is 11.9. The Morgan fingerprint density at radius 1 is 1.20 bits per heavy atom. The average Bonchev–Trinajstić information content (AvgIpc) is 2.73. The first-order chi connectivity index (χ1) is 16.3. The van der Waals surface area contributed by atoms with E-state index in [9.17, 15) is 26.4 Å². The Labute approximate surface area is 206 Å². The molecule has 1 aromatic carbocycles. The average molecular weight is 539 g/mol. The van der Waals surface area contributed by atoms with Crippen molar-refractivity contribution in [1.82, 2.24) is 10.3 Å². The minimum Gasteiger partial charge on any atom is -0.491 e. The molecule has 1 amide bonds. The number of halogens is 4. The zero-order chi connectivity index (χ0) is 26.2. The van der Waals surface area contributed by atoms with Crippen LogP contribution in [0.1, 0.15) is 51.2 Å². The standard InChI is InChI=1S/C22H26ClF3N2O6S/c1-4-5-6-9-35(30,31)34-21(29)28-12-15-7-8-17(32-14(2)3)11-19(15)33-20-18(23)10-16(13-27-20)22(24,25)26/h7-8,10-11,13-14H,4-6,9,12H2,1-3H3,(H,28,29). The van der Waals surface area contributed by atoms with Gasteiger partial charge in [0.05, 0.1) is 17.4 Å². The Morgan fingerprint density at radius 3 is 2.51 bits per heavy atom. The van der Waals surface area contributed by atoms with Crippen molar-refractivity contribution in [2.24, 2.45) is 0 Å². The summed E-state index contributed by atoms with van der Waals surface area (Å²) in [5, 5.41) is 1.93. The third-order valence-electron chi connectivity index (χ3n) is 4.38. The predicted octanol–water partition coefficient (Wildman–Crippen LogP) is 6.08. The van der Waals surface area contributed by atoms with Crippen molar-refractivity contribution in [2.45, 2.75) is 58.9 Å². The van der Waals surface area contributed by atoms with Gasteiger partial charge in [0.1, 0.15) is 16.5 Å². The summed E-state index contributed by atoms with van der Waals surface area (Å²) in [6.07, 6.45) is -3.58. The van der Waals surface area contributed by atoms with Crippen LogP contribution in [0.2, 0.25) is 5.02 Å². The number of hydrogen-bond donors (Lipinski definition) is 1. The molecule has 0 saturated heterocycles. The molecule has 0 saturated carbocycles. The van der Waals surface area contributed by atoms with E-state index in [1.54, 1.807) is 19.9 Å². The molecule has 0 aliphatic carbocycles. The number of pyridine rings is 1. The quantitative estimate of drug-likeness (QED) is 0.273. The summed E-state index contributed by atoms with van der Waals surface area (Å²) >= 11 is 5.94. The third kappa shape index (κ3) is 9.44. The minimum atomic E-state index is -4.63. The number of rotatable bonds is 11. The van der Waals surface area contributed by atoms with Crippen molar-refractivity contribution < 1.29 is 40.0 Å². The number of carbonyl (C=O) groups excluding carboxylic acids is 1. The minimum absolute atomic E-state index is 0.0726. The third-order valence-corrected chi connectivity index (χ3v) is 5.84. The molecule has 0 atom stereocenters. The molecule has 0 aliphatic heterocycles. The fourth-order valence-electron chi connectivity index (χ4n) is 2.76. The van der Waals surface area contributed by atoms with E-state index in [-0.39, 0.29) is 35.1 Å². The maximum absolute atomic E-state index is 12.9. The number of nitrogens with one attached hydrogen (secondary N) is 1. The maximum Gasteiger partial charge on any atom is 0.423 e. The van der Waals surface area contributed by atoms with Gasteiger partial charge in [0, 0.05) is 24.4 Å². The number of nitrogens with zero attached hydrogens (tertiary/aromatic N) is 1. The van der Waals surface area contributed by atoms with Crippen LogP contribution in [0.15, 0.2) is 30.5 Å². The van der Waals surface area contributed by atoms with Gasteiger partial charge >= 0.3 is 22.4 Å². The second-order valence-corrected chi connectivity index (χ2v) is 9.84. The number of carbonyl (C=O) groups is 1. The van der Waals surface area contributed by atoms with Gasteiger partial charge in [-0.25, -0.2) is 9.78 Å². The van der Waals surface area contributed by atoms with Crippen LogP contribution in [0.4, 0.5) is 18.0 Å². The molecule has 0 fully saturated rings. The van der Waals surface area contributed by atoms with Crippen LogP contribution in [0.25, 0.3) is 0 Å². The first-order valence-corrected chi connectivity index (χ1v) is 12.7. The molecule has 8 nitrogen and oxygen atoms in total. The lowest BCUT2D eigenvalue weighted by atomic mass is 10.2. The Balaban J connectivity index is 2.20. The van der Waals surface area contributed by atoms with Crippen LogP contribution in [-0.4, -0.2) is 31.4 Å². The molecular formula is C22H26ClF3N2O6S. The number of unbranched alkanes of at least 4 members (excludes halogenated alkanes) is 2. The number of amides is 1. The van der Waals surface area contributed by atoms with E-state index in [0.717, 1.165) is 6.42 Å². The first kappa shape index (κ1) is 28.5. The SMILES string of the molecule is CCCCCS(=O)(=O)OC(=O)NCc1ccc(OC(C)C)cc1Oc1ncc(C(F)(F)F)cc1Cl. The van der Waals surface area contributed by atoms with Gasteiger partial charge in [-0.1, -0.05) is 31.4 Å². The van der Waals surface area contributed by atoms with Crippen LogP contribution in [0.3, 0.4) is 0 Å². The van der Waals surface area contributed by atoms with Gasteiger partial charge in [0.2, 0.25) is 5.88 Å². The molecule has 2 aromatic rings. The summed E-state index contributed by atoms with van der Waals surface area (Å²) in [7, 11) is -4.04. The van der Waals surface area contributed by atoms with Crippen molar-refractivity contribution in [3.63, 3.8) is 0 Å². The van der Waals surface area contributed by atoms with E-state index in [0.29, 0.717) is 36.4 Å². The van der Waals surface area contributed by atoms with Gasteiger partial charge in [0.15, 0.2) is 0 Å². The smallest absolute Gasteiger partial charge is 0.423 e. The van der Waals surface area contributed by atoms with Crippen molar-refractivity contribution in [1.29, 1.82) is 0 Å². The summed E-state index contributed by atoms with van der Waals surface area (Å²) in [6.45, 7) is 5.27. The van der Waals surface area contributed by atoms with E-state index in [1.807, 2.05) is 6.92 Å². The van der Waals surface area contributed by atoms with Gasteiger partial charge in [0.25, 0.3) is 0 Å². The van der Waals surface area contributed by atoms with E-state index < -0.39 is 28.0 Å².